The van der Waals surface area contributed by atoms with Crippen LogP contribution in [-0.4, -0.2) is 95.6 Å². The quantitative estimate of drug-likeness (QED) is 0.0755. The predicted octanol–water partition coefficient (Wildman–Crippen LogP) is 8.85. The first-order valence-corrected chi connectivity index (χ1v) is 22.9. The van der Waals surface area contributed by atoms with E-state index in [9.17, 15) is 19.8 Å². The average molecular weight is 887 g/mol. The van der Waals surface area contributed by atoms with E-state index in [2.05, 4.69) is 56.5 Å². The number of likely N-dealkylation sites (tertiary alicyclic amines) is 2. The Hall–Kier alpha value is -6.64. The van der Waals surface area contributed by atoms with Gasteiger partial charge in [-0.1, -0.05) is 48.6 Å². The van der Waals surface area contributed by atoms with Crippen LogP contribution in [0.15, 0.2) is 105 Å². The molecule has 4 aliphatic carbocycles. The Labute approximate surface area is 381 Å². The fourth-order valence-corrected chi connectivity index (χ4v) is 13.0. The maximum absolute atomic E-state index is 12.1. The first kappa shape index (κ1) is 40.8. The molecule has 0 saturated carbocycles. The minimum Gasteiger partial charge on any atom is -0.503 e. The Balaban J connectivity index is 0.739. The fraction of sp³-hybridized carbons (Fsp3) is 0.385. The van der Waals surface area contributed by atoms with Crippen molar-refractivity contribution in [2.75, 3.05) is 27.2 Å². The van der Waals surface area contributed by atoms with E-state index >= 15 is 0 Å². The van der Waals surface area contributed by atoms with E-state index in [0.717, 1.165) is 72.2 Å². The molecule has 2 saturated heterocycles. The van der Waals surface area contributed by atoms with Crippen LogP contribution in [0.25, 0.3) is 12.2 Å². The van der Waals surface area contributed by atoms with Gasteiger partial charge in [-0.2, -0.15) is 10.2 Å². The van der Waals surface area contributed by atoms with Gasteiger partial charge in [-0.25, -0.2) is 0 Å². The van der Waals surface area contributed by atoms with Crippen molar-refractivity contribution in [1.29, 1.82) is 0 Å². The van der Waals surface area contributed by atoms with Crippen LogP contribution in [0, 0.1) is 11.8 Å². The molecule has 4 aromatic carbocycles. The molecule has 4 bridgehead atoms. The lowest BCUT2D eigenvalue weighted by molar-refractivity contribution is -0.153. The van der Waals surface area contributed by atoms with Crippen molar-refractivity contribution in [3.8, 4) is 23.0 Å². The van der Waals surface area contributed by atoms with Gasteiger partial charge in [0.25, 0.3) is 0 Å². The molecule has 14 nitrogen and oxygen atoms in total. The van der Waals surface area contributed by atoms with E-state index in [1.165, 1.54) is 13.8 Å². The number of rotatable bonds is 8. The molecule has 2 spiro atoms. The summed E-state index contributed by atoms with van der Waals surface area (Å²) < 4.78 is 24.7. The van der Waals surface area contributed by atoms with E-state index in [1.54, 1.807) is 0 Å². The molecule has 12 rings (SSSR count). The number of phenols is 2. The number of nitrogens with zero attached hydrogens (tertiary/aromatic N) is 6. The molecule has 2 fully saturated rings. The van der Waals surface area contributed by atoms with Crippen molar-refractivity contribution in [3.63, 3.8) is 0 Å². The number of phenolic OH excluding ortho intramolecular Hbond substituents is 2. The topological polar surface area (TPSA) is 167 Å². The SMILES string of the molecule is CC(=O)O[C@H]1C=C[C@H]2[C@H]3Cc4cc(N=Nc5ccc(/C=C/c6ccc(N=Nc7cc8c9c(c7O)O[C@H]7[C@@H](OC(C)=O)C=C[C@H]%10[C@@H](C8)N(C)CC[C@@]9%107)cc6)cc5)c(O)c5c4[C@@]2(CCN3C)[C@H]1O5. The number of carbonyl (C=O) groups is 2. The van der Waals surface area contributed by atoms with E-state index in [4.69, 9.17) is 18.9 Å². The van der Waals surface area contributed by atoms with Crippen molar-refractivity contribution in [2.24, 2.45) is 32.3 Å². The van der Waals surface area contributed by atoms with Crippen LogP contribution in [-0.2, 0) is 42.7 Å². The Morgan fingerprint density at radius 3 is 1.44 bits per heavy atom. The normalized spacial score (nSPS) is 31.8. The summed E-state index contributed by atoms with van der Waals surface area (Å²) in [7, 11) is 4.31. The molecule has 0 radical (unpaired) electrons. The van der Waals surface area contributed by atoms with Gasteiger partial charge in [-0.15, -0.1) is 10.2 Å². The highest BCUT2D eigenvalue weighted by Gasteiger charge is 2.67. The number of aromatic hydroxyl groups is 2. The van der Waals surface area contributed by atoms with Gasteiger partial charge in [0.2, 0.25) is 0 Å². The van der Waals surface area contributed by atoms with Gasteiger partial charge < -0.3 is 39.0 Å². The van der Waals surface area contributed by atoms with Crippen LogP contribution < -0.4 is 9.47 Å². The molecule has 0 unspecified atom stereocenters. The predicted molar refractivity (Wildman–Crippen MR) is 244 cm³/mol. The molecule has 0 amide bonds. The van der Waals surface area contributed by atoms with Gasteiger partial charge in [0.05, 0.1) is 11.4 Å². The summed E-state index contributed by atoms with van der Waals surface area (Å²) in [4.78, 5) is 29.0. The molecular weight excluding hydrogens is 837 g/mol. The van der Waals surface area contributed by atoms with E-state index in [1.807, 2.05) is 85.0 Å². The Morgan fingerprint density at radius 1 is 0.636 bits per heavy atom. The minimum absolute atomic E-state index is 0.0452. The van der Waals surface area contributed by atoms with Gasteiger partial charge in [-0.05, 0) is 124 Å². The van der Waals surface area contributed by atoms with Crippen molar-refractivity contribution in [2.45, 2.75) is 86.9 Å². The number of carbonyl (C=O) groups excluding carboxylic acids is 2. The lowest BCUT2D eigenvalue weighted by atomic mass is 9.53. The molecule has 4 aromatic rings. The second-order valence-electron chi connectivity index (χ2n) is 19.3. The molecule has 14 heteroatoms. The maximum Gasteiger partial charge on any atom is 0.303 e. The summed E-state index contributed by atoms with van der Waals surface area (Å²) in [5.74, 6) is 0.402. The van der Waals surface area contributed by atoms with Crippen molar-refractivity contribution >= 4 is 46.8 Å². The zero-order valence-corrected chi connectivity index (χ0v) is 37.1. The van der Waals surface area contributed by atoms with Crippen LogP contribution in [0.5, 0.6) is 23.0 Å². The number of hydrogen-bond donors (Lipinski definition) is 2. The van der Waals surface area contributed by atoms with Crippen LogP contribution >= 0.6 is 0 Å². The zero-order valence-electron chi connectivity index (χ0n) is 37.1. The molecule has 0 aromatic heterocycles. The summed E-state index contributed by atoms with van der Waals surface area (Å²) in [5, 5.41) is 41.2. The lowest BCUT2D eigenvalue weighted by Crippen LogP contribution is -2.65. The molecular formula is C52H50N6O8. The van der Waals surface area contributed by atoms with Gasteiger partial charge >= 0.3 is 11.9 Å². The highest BCUT2D eigenvalue weighted by molar-refractivity contribution is 5.74. The van der Waals surface area contributed by atoms with Gasteiger partial charge in [0.15, 0.2) is 35.2 Å². The third kappa shape index (κ3) is 5.99. The second-order valence-corrected chi connectivity index (χ2v) is 19.3. The maximum atomic E-state index is 12.1. The highest BCUT2D eigenvalue weighted by Crippen LogP contribution is 2.66. The van der Waals surface area contributed by atoms with Crippen molar-refractivity contribution in [1.82, 2.24) is 9.80 Å². The Kier molecular flexibility index (Phi) is 9.25. The van der Waals surface area contributed by atoms with Crippen LogP contribution in [0.1, 0.15) is 60.1 Å². The average Bonchev–Trinajstić information content (AvgIpc) is 3.85. The highest BCUT2D eigenvalue weighted by atomic mass is 16.6. The largest absolute Gasteiger partial charge is 0.503 e. The number of ether oxygens (including phenoxy) is 4. The van der Waals surface area contributed by atoms with E-state index < -0.39 is 24.4 Å². The van der Waals surface area contributed by atoms with Gasteiger partial charge in [0, 0.05) is 59.7 Å². The molecule has 4 aliphatic heterocycles. The monoisotopic (exact) mass is 886 g/mol. The molecule has 8 aliphatic rings. The Bertz CT molecular complexity index is 2680. The van der Waals surface area contributed by atoms with Crippen molar-refractivity contribution in [3.05, 3.63) is 118 Å². The summed E-state index contributed by atoms with van der Waals surface area (Å²) in [6, 6.07) is 19.7. The molecule has 66 heavy (non-hydrogen) atoms. The fourth-order valence-electron chi connectivity index (χ4n) is 13.0. The smallest absolute Gasteiger partial charge is 0.303 e. The first-order valence-electron chi connectivity index (χ1n) is 22.9. The van der Waals surface area contributed by atoms with Crippen LogP contribution in [0.4, 0.5) is 22.7 Å². The number of hydrogen-bond acceptors (Lipinski definition) is 14. The number of esters is 2. The van der Waals surface area contributed by atoms with Gasteiger partial charge in [-0.3, -0.25) is 9.59 Å². The molecule has 2 N–H and O–H groups in total. The first-order chi connectivity index (χ1) is 31.9. The summed E-state index contributed by atoms with van der Waals surface area (Å²) in [5.41, 5.74) is 7.32. The third-order valence-corrected chi connectivity index (χ3v) is 15.9. The summed E-state index contributed by atoms with van der Waals surface area (Å²) >= 11 is 0. The standard InChI is InChI=1S/C52H50N6O8/c1-27(59)63-41-17-15-35-39-25-31-23-37(45(61)47-43(31)51(35,49(41)65-47)19-21-57(39)3)55-53-33-11-7-29(8-12-33)5-6-30-9-13-34(14-10-30)54-56-38-24-32-26-40-36-16-18-42(64-28(2)60)50-52(36,20-22-58(40)4)44(32)48(66-50)46(38)62/h5-18,23-24,35-36,39-42,49-50,61-62H,19-22,25-26H2,1-4H3/b6-5+,55-53?,56-54?/t35-,36-,39+,40+,41-,42-,49-,50-,51-,52-/m0/s1. The van der Waals surface area contributed by atoms with Crippen LogP contribution in [0.3, 0.4) is 0 Å². The lowest BCUT2D eigenvalue weighted by Gasteiger charge is -2.56. The number of azo groups is 2. The van der Waals surface area contributed by atoms with Crippen LogP contribution in [0.2, 0.25) is 0 Å². The number of benzene rings is 4. The molecule has 336 valence electrons. The summed E-state index contributed by atoms with van der Waals surface area (Å²) in [6.07, 6.45) is 13.6. The molecule has 10 atom stereocenters. The number of piperidine rings is 2. The van der Waals surface area contributed by atoms with E-state index in [0.29, 0.717) is 34.2 Å². The number of likely N-dealkylation sites (N-methyl/N-ethyl adjacent to an activating group) is 2. The summed E-state index contributed by atoms with van der Waals surface area (Å²) in [6.45, 7) is 4.60. The zero-order chi connectivity index (χ0) is 45.2. The van der Waals surface area contributed by atoms with Gasteiger partial charge in [0.1, 0.15) is 23.6 Å². The minimum atomic E-state index is -0.545. The second kappa shape index (κ2) is 14.9. The molecule has 4 heterocycles. The van der Waals surface area contributed by atoms with Crippen molar-refractivity contribution < 1.29 is 38.7 Å². The Morgan fingerprint density at radius 2 is 1.05 bits per heavy atom. The third-order valence-electron chi connectivity index (χ3n) is 15.9. The van der Waals surface area contributed by atoms with E-state index in [-0.39, 0.29) is 58.2 Å².